The first-order chi connectivity index (χ1) is 17.6. The van der Waals surface area contributed by atoms with E-state index >= 15 is 0 Å². The predicted molar refractivity (Wildman–Crippen MR) is 141 cm³/mol. The highest BCUT2D eigenvalue weighted by atomic mass is 32.2. The van der Waals surface area contributed by atoms with Gasteiger partial charge in [-0.2, -0.15) is 0 Å². The van der Waals surface area contributed by atoms with Gasteiger partial charge >= 0.3 is 5.97 Å². The second-order valence-corrected chi connectivity index (χ2v) is 13.1. The van der Waals surface area contributed by atoms with E-state index in [9.17, 15) is 22.8 Å². The molecule has 0 spiro atoms. The van der Waals surface area contributed by atoms with E-state index in [1.165, 1.54) is 36.0 Å². The van der Waals surface area contributed by atoms with Crippen molar-refractivity contribution in [2.45, 2.75) is 75.0 Å². The number of carbonyl (C=O) groups excluding carboxylic acids is 2. The highest BCUT2D eigenvalue weighted by Gasteiger charge is 2.30. The summed E-state index contributed by atoms with van der Waals surface area (Å²) in [5.41, 5.74) is 0.509. The lowest BCUT2D eigenvalue weighted by Crippen LogP contribution is -2.33. The number of sulfone groups is 1. The first-order valence-electron chi connectivity index (χ1n) is 12.4. The Balaban J connectivity index is 1.69. The molecule has 1 fully saturated rings. The fraction of sp³-hybridized carbons (Fsp3) is 0.500. The molecule has 0 saturated heterocycles. The summed E-state index contributed by atoms with van der Waals surface area (Å²) in [7, 11) is -2.33. The standard InChI is InChI=1S/C26H31N3O6S2/c1-16(2)37(33,34)22-14-36-24-23(22)28-15-29(25(24)31)20(11-17-7-5-4-6-8-17)21(30)12-19-10-9-18(13-27-19)26(32)35-3/h9-10,13-17,20H,4-8,11-12H2,1-3H3. The van der Waals surface area contributed by atoms with Gasteiger partial charge in [0.15, 0.2) is 15.6 Å². The first-order valence-corrected chi connectivity index (χ1v) is 14.8. The smallest absolute Gasteiger partial charge is 0.339 e. The molecule has 37 heavy (non-hydrogen) atoms. The number of esters is 1. The van der Waals surface area contributed by atoms with Crippen molar-refractivity contribution in [3.8, 4) is 0 Å². The zero-order chi connectivity index (χ0) is 26.7. The number of nitrogens with zero attached hydrogens (tertiary/aromatic N) is 3. The van der Waals surface area contributed by atoms with Crippen LogP contribution in [0.5, 0.6) is 0 Å². The fourth-order valence-corrected chi connectivity index (χ4v) is 7.27. The molecule has 4 rings (SSSR count). The van der Waals surface area contributed by atoms with Crippen LogP contribution in [0.2, 0.25) is 0 Å². The van der Waals surface area contributed by atoms with Crippen LogP contribution in [0.1, 0.15) is 74.5 Å². The first kappa shape index (κ1) is 27.1. The van der Waals surface area contributed by atoms with Crippen LogP contribution < -0.4 is 5.56 Å². The number of pyridine rings is 1. The van der Waals surface area contributed by atoms with Crippen molar-refractivity contribution >= 4 is 43.1 Å². The van der Waals surface area contributed by atoms with Gasteiger partial charge < -0.3 is 4.74 Å². The number of hydrogen-bond acceptors (Lipinski definition) is 9. The summed E-state index contributed by atoms with van der Waals surface area (Å²) >= 11 is 1.04. The molecule has 9 nitrogen and oxygen atoms in total. The Labute approximate surface area is 219 Å². The maximum atomic E-state index is 13.6. The fourth-order valence-electron chi connectivity index (χ4n) is 4.78. The molecule has 1 saturated carbocycles. The Hall–Kier alpha value is -2.92. The van der Waals surface area contributed by atoms with E-state index in [4.69, 9.17) is 4.74 Å². The summed E-state index contributed by atoms with van der Waals surface area (Å²) in [5.74, 6) is -0.389. The van der Waals surface area contributed by atoms with Gasteiger partial charge in [-0.1, -0.05) is 32.1 Å². The average molecular weight is 546 g/mol. The Morgan fingerprint density at radius 2 is 1.89 bits per heavy atom. The number of hydrogen-bond donors (Lipinski definition) is 0. The minimum absolute atomic E-state index is 0.0132. The maximum absolute atomic E-state index is 13.6. The third kappa shape index (κ3) is 5.67. The molecule has 0 aromatic carbocycles. The second kappa shape index (κ2) is 11.2. The minimum atomic E-state index is -3.61. The Morgan fingerprint density at radius 3 is 2.51 bits per heavy atom. The quantitative estimate of drug-likeness (QED) is 0.367. The Morgan fingerprint density at radius 1 is 1.16 bits per heavy atom. The number of methoxy groups -OCH3 is 1. The largest absolute Gasteiger partial charge is 0.465 e. The van der Waals surface area contributed by atoms with E-state index in [2.05, 4.69) is 9.97 Å². The molecule has 1 unspecified atom stereocenters. The molecule has 1 atom stereocenters. The molecule has 3 heterocycles. The molecule has 3 aromatic heterocycles. The molecule has 0 amide bonds. The van der Waals surface area contributed by atoms with Crippen molar-refractivity contribution in [1.82, 2.24) is 14.5 Å². The highest BCUT2D eigenvalue weighted by molar-refractivity contribution is 7.92. The summed E-state index contributed by atoms with van der Waals surface area (Å²) in [5, 5.41) is 0.817. The molecule has 3 aromatic rings. The molecular formula is C26H31N3O6S2. The van der Waals surface area contributed by atoms with E-state index in [0.717, 1.165) is 37.0 Å². The van der Waals surface area contributed by atoms with Crippen molar-refractivity contribution in [2.24, 2.45) is 5.92 Å². The van der Waals surface area contributed by atoms with Gasteiger partial charge in [0.05, 0.1) is 36.7 Å². The normalized spacial score (nSPS) is 15.7. The van der Waals surface area contributed by atoms with Crippen LogP contribution in [0, 0.1) is 5.92 Å². The minimum Gasteiger partial charge on any atom is -0.465 e. The summed E-state index contributed by atoms with van der Waals surface area (Å²) in [6.45, 7) is 3.18. The Bertz CT molecular complexity index is 1450. The van der Waals surface area contributed by atoms with Crippen LogP contribution in [0.25, 0.3) is 10.2 Å². The molecule has 11 heteroatoms. The van der Waals surface area contributed by atoms with Crippen molar-refractivity contribution in [2.75, 3.05) is 7.11 Å². The summed E-state index contributed by atoms with van der Waals surface area (Å²) in [6.07, 6.45) is 8.52. The number of ketones is 1. The zero-order valence-corrected chi connectivity index (χ0v) is 22.8. The summed E-state index contributed by atoms with van der Waals surface area (Å²) in [6, 6.07) is 2.41. The molecule has 0 N–H and O–H groups in total. The van der Waals surface area contributed by atoms with Gasteiger partial charge in [0.1, 0.15) is 15.1 Å². The summed E-state index contributed by atoms with van der Waals surface area (Å²) < 4.78 is 31.8. The van der Waals surface area contributed by atoms with E-state index in [-0.39, 0.29) is 32.9 Å². The van der Waals surface area contributed by atoms with Crippen LogP contribution in [0.3, 0.4) is 0 Å². The molecule has 1 aliphatic carbocycles. The van der Waals surface area contributed by atoms with Crippen LogP contribution >= 0.6 is 11.3 Å². The lowest BCUT2D eigenvalue weighted by Gasteiger charge is -2.27. The van der Waals surface area contributed by atoms with E-state index < -0.39 is 32.7 Å². The maximum Gasteiger partial charge on any atom is 0.339 e. The highest BCUT2D eigenvalue weighted by Crippen LogP contribution is 2.33. The van der Waals surface area contributed by atoms with E-state index in [1.807, 2.05) is 0 Å². The van der Waals surface area contributed by atoms with E-state index in [0.29, 0.717) is 18.0 Å². The van der Waals surface area contributed by atoms with Gasteiger partial charge in [-0.15, -0.1) is 11.3 Å². The predicted octanol–water partition coefficient (Wildman–Crippen LogP) is 4.15. The number of rotatable bonds is 9. The van der Waals surface area contributed by atoms with Crippen molar-refractivity contribution in [3.63, 3.8) is 0 Å². The van der Waals surface area contributed by atoms with Gasteiger partial charge in [0, 0.05) is 17.3 Å². The molecule has 0 aliphatic heterocycles. The van der Waals surface area contributed by atoms with Crippen molar-refractivity contribution in [3.05, 3.63) is 51.6 Å². The topological polar surface area (TPSA) is 125 Å². The molecular weight excluding hydrogens is 514 g/mol. The van der Waals surface area contributed by atoms with E-state index in [1.54, 1.807) is 26.0 Å². The molecule has 1 aliphatic rings. The van der Waals surface area contributed by atoms with Crippen LogP contribution in [0.15, 0.2) is 39.7 Å². The summed E-state index contributed by atoms with van der Waals surface area (Å²) in [4.78, 5) is 47.5. The number of fused-ring (bicyclic) bond motifs is 1. The number of Topliss-reactive ketones (excluding diaryl/α,β-unsaturated/α-hetero) is 1. The van der Waals surface area contributed by atoms with Crippen molar-refractivity contribution in [1.29, 1.82) is 0 Å². The molecule has 0 bridgehead atoms. The second-order valence-electron chi connectivity index (χ2n) is 9.76. The van der Waals surface area contributed by atoms with Crippen molar-refractivity contribution < 1.29 is 22.7 Å². The van der Waals surface area contributed by atoms with Crippen LogP contribution in [0.4, 0.5) is 0 Å². The molecule has 0 radical (unpaired) electrons. The van der Waals surface area contributed by atoms with Crippen LogP contribution in [-0.2, 0) is 25.8 Å². The lowest BCUT2D eigenvalue weighted by atomic mass is 9.83. The number of ether oxygens (including phenoxy) is 1. The van der Waals surface area contributed by atoms with Crippen LogP contribution in [-0.4, -0.2) is 47.1 Å². The lowest BCUT2D eigenvalue weighted by molar-refractivity contribution is -0.122. The van der Waals surface area contributed by atoms with Gasteiger partial charge in [-0.25, -0.2) is 18.2 Å². The van der Waals surface area contributed by atoms with Gasteiger partial charge in [0.25, 0.3) is 5.56 Å². The SMILES string of the molecule is COC(=O)c1ccc(CC(=O)C(CC2CCCCC2)n2cnc3c(S(=O)(=O)C(C)C)csc3c2=O)nc1. The number of aromatic nitrogens is 3. The van der Waals surface area contributed by atoms with Gasteiger partial charge in [-0.05, 0) is 38.3 Å². The number of thiophene rings is 1. The molecule has 198 valence electrons. The van der Waals surface area contributed by atoms with Gasteiger partial charge in [0.2, 0.25) is 0 Å². The third-order valence-corrected chi connectivity index (χ3v) is 10.3. The average Bonchev–Trinajstić information content (AvgIpc) is 3.34. The number of carbonyl (C=O) groups is 2. The monoisotopic (exact) mass is 545 g/mol. The zero-order valence-electron chi connectivity index (χ0n) is 21.2. The van der Waals surface area contributed by atoms with Gasteiger partial charge in [-0.3, -0.25) is 19.1 Å². The third-order valence-electron chi connectivity index (χ3n) is 6.99. The Kier molecular flexibility index (Phi) is 8.23.